The van der Waals surface area contributed by atoms with Crippen LogP contribution in [-0.4, -0.2) is 22.8 Å². The molecule has 0 saturated carbocycles. The number of Topliss-reactive ketones (excluding diaryl/α,β-unsaturated/α-hetero) is 1. The number of carbonyl (C=O) groups excluding carboxylic acids is 2. The molecule has 4 nitrogen and oxygen atoms in total. The molecule has 1 aliphatic heterocycles. The van der Waals surface area contributed by atoms with Crippen molar-refractivity contribution in [2.45, 2.75) is 57.5 Å². The smallest absolute Gasteiger partial charge is 0.416 e. The van der Waals surface area contributed by atoms with E-state index in [1.807, 2.05) is 37.3 Å². The second kappa shape index (κ2) is 9.32. The monoisotopic (exact) mass is 419 g/mol. The van der Waals surface area contributed by atoms with Crippen LogP contribution in [0, 0.1) is 0 Å². The number of amides is 1. The van der Waals surface area contributed by atoms with Gasteiger partial charge in [0.15, 0.2) is 0 Å². The molecule has 1 aliphatic rings. The maximum atomic E-state index is 13.0. The van der Waals surface area contributed by atoms with Crippen LogP contribution >= 0.6 is 0 Å². The summed E-state index contributed by atoms with van der Waals surface area (Å²) in [5.41, 5.74) is 0.558. The van der Waals surface area contributed by atoms with Gasteiger partial charge >= 0.3 is 12.3 Å². The van der Waals surface area contributed by atoms with Crippen molar-refractivity contribution in [3.8, 4) is 0 Å². The van der Waals surface area contributed by atoms with Crippen LogP contribution in [0.1, 0.15) is 55.3 Å². The lowest BCUT2D eigenvalue weighted by Gasteiger charge is -2.41. The predicted molar refractivity (Wildman–Crippen MR) is 106 cm³/mol. The minimum absolute atomic E-state index is 0.00884. The van der Waals surface area contributed by atoms with E-state index in [1.54, 1.807) is 0 Å². The first kappa shape index (κ1) is 21.9. The molecule has 0 aromatic heterocycles. The Bertz CT molecular complexity index is 866. The topological polar surface area (TPSA) is 46.6 Å². The number of likely N-dealkylation sites (tertiary alicyclic amines) is 1. The van der Waals surface area contributed by atoms with E-state index in [0.717, 1.165) is 24.1 Å². The summed E-state index contributed by atoms with van der Waals surface area (Å²) < 4.78 is 44.2. The summed E-state index contributed by atoms with van der Waals surface area (Å²) in [7, 11) is 0. The van der Waals surface area contributed by atoms with Gasteiger partial charge in [0.2, 0.25) is 0 Å². The van der Waals surface area contributed by atoms with Gasteiger partial charge in [-0.1, -0.05) is 55.8 Å². The van der Waals surface area contributed by atoms with Gasteiger partial charge in [-0.2, -0.15) is 13.2 Å². The molecule has 7 heteroatoms. The number of piperidine rings is 1. The third-order valence-electron chi connectivity index (χ3n) is 5.27. The van der Waals surface area contributed by atoms with E-state index in [9.17, 15) is 22.8 Å². The first-order valence-corrected chi connectivity index (χ1v) is 9.97. The van der Waals surface area contributed by atoms with E-state index in [2.05, 4.69) is 0 Å². The van der Waals surface area contributed by atoms with Gasteiger partial charge in [-0.3, -0.25) is 9.69 Å². The standard InChI is InChI=1S/C23H24F3NO3/c1-2-6-19-13-20(28)14-21(17-9-11-18(12-10-17)23(24,25)26)27(19)22(29)30-15-16-7-4-3-5-8-16/h3-5,7-12,19,21H,2,6,13-15H2,1H3/t19-,21-/m1/s1. The number of hydrogen-bond acceptors (Lipinski definition) is 3. The molecule has 1 amide bonds. The van der Waals surface area contributed by atoms with Gasteiger partial charge in [0.05, 0.1) is 11.6 Å². The van der Waals surface area contributed by atoms with E-state index >= 15 is 0 Å². The normalized spacial score (nSPS) is 19.6. The van der Waals surface area contributed by atoms with Crippen LogP contribution in [0.3, 0.4) is 0 Å². The Labute approximate surface area is 173 Å². The lowest BCUT2D eigenvalue weighted by atomic mass is 9.88. The number of halogens is 3. The summed E-state index contributed by atoms with van der Waals surface area (Å²) in [6.07, 6.45) is -3.34. The summed E-state index contributed by atoms with van der Waals surface area (Å²) in [5, 5.41) is 0. The molecule has 2 aromatic carbocycles. The van der Waals surface area contributed by atoms with E-state index in [1.165, 1.54) is 17.0 Å². The molecular weight excluding hydrogens is 395 g/mol. The van der Waals surface area contributed by atoms with Crippen LogP contribution < -0.4 is 0 Å². The number of nitrogens with zero attached hydrogens (tertiary/aromatic N) is 1. The van der Waals surface area contributed by atoms with Gasteiger partial charge in [-0.15, -0.1) is 0 Å². The molecule has 2 aromatic rings. The number of ketones is 1. The molecule has 3 rings (SSSR count). The molecular formula is C23H24F3NO3. The van der Waals surface area contributed by atoms with E-state index in [4.69, 9.17) is 4.74 Å². The summed E-state index contributed by atoms with van der Waals surface area (Å²) in [6, 6.07) is 12.9. The van der Waals surface area contributed by atoms with Crippen LogP contribution in [0.25, 0.3) is 0 Å². The summed E-state index contributed by atoms with van der Waals surface area (Å²) >= 11 is 0. The van der Waals surface area contributed by atoms with Gasteiger partial charge in [0.1, 0.15) is 12.4 Å². The number of alkyl halides is 3. The molecule has 0 aliphatic carbocycles. The molecule has 2 atom stereocenters. The van der Waals surface area contributed by atoms with Crippen LogP contribution in [0.5, 0.6) is 0 Å². The number of carbonyl (C=O) groups is 2. The molecule has 1 fully saturated rings. The van der Waals surface area contributed by atoms with Gasteiger partial charge < -0.3 is 4.74 Å². The number of benzene rings is 2. The zero-order valence-corrected chi connectivity index (χ0v) is 16.7. The van der Waals surface area contributed by atoms with Gasteiger partial charge in [0, 0.05) is 18.9 Å². The molecule has 0 spiro atoms. The average molecular weight is 419 g/mol. The number of hydrogen-bond donors (Lipinski definition) is 0. The molecule has 30 heavy (non-hydrogen) atoms. The first-order valence-electron chi connectivity index (χ1n) is 9.97. The Morgan fingerprint density at radius 2 is 1.73 bits per heavy atom. The molecule has 0 unspecified atom stereocenters. The lowest BCUT2D eigenvalue weighted by molar-refractivity contribution is -0.137. The second-order valence-electron chi connectivity index (χ2n) is 7.47. The summed E-state index contributed by atoms with van der Waals surface area (Å²) in [4.78, 5) is 26.9. The highest BCUT2D eigenvalue weighted by atomic mass is 19.4. The van der Waals surface area contributed by atoms with Crippen molar-refractivity contribution >= 4 is 11.9 Å². The Morgan fingerprint density at radius 1 is 1.07 bits per heavy atom. The zero-order chi connectivity index (χ0) is 21.7. The zero-order valence-electron chi connectivity index (χ0n) is 16.7. The fourth-order valence-corrected chi connectivity index (χ4v) is 3.83. The van der Waals surface area contributed by atoms with Crippen molar-refractivity contribution in [3.05, 3.63) is 71.3 Å². The van der Waals surface area contributed by atoms with Crippen LogP contribution in [0.4, 0.5) is 18.0 Å². The number of rotatable bonds is 5. The predicted octanol–water partition coefficient (Wildman–Crippen LogP) is 5.92. The Morgan fingerprint density at radius 3 is 2.33 bits per heavy atom. The minimum atomic E-state index is -4.44. The molecule has 160 valence electrons. The molecule has 1 heterocycles. The molecule has 1 saturated heterocycles. The Balaban J connectivity index is 1.85. The third kappa shape index (κ3) is 5.20. The maximum absolute atomic E-state index is 13.0. The van der Waals surface area contributed by atoms with E-state index in [-0.39, 0.29) is 31.3 Å². The Kier molecular flexibility index (Phi) is 6.80. The second-order valence-corrected chi connectivity index (χ2v) is 7.47. The van der Waals surface area contributed by atoms with Crippen molar-refractivity contribution in [2.24, 2.45) is 0 Å². The third-order valence-corrected chi connectivity index (χ3v) is 5.27. The highest BCUT2D eigenvalue weighted by molar-refractivity contribution is 5.83. The fourth-order valence-electron chi connectivity index (χ4n) is 3.83. The largest absolute Gasteiger partial charge is 0.445 e. The summed E-state index contributed by atoms with van der Waals surface area (Å²) in [6.45, 7) is 2.04. The summed E-state index contributed by atoms with van der Waals surface area (Å²) in [5.74, 6) is -0.00884. The molecule has 0 bridgehead atoms. The fraction of sp³-hybridized carbons (Fsp3) is 0.391. The quantitative estimate of drug-likeness (QED) is 0.605. The Hall–Kier alpha value is -2.83. The van der Waals surface area contributed by atoms with Gasteiger partial charge in [-0.25, -0.2) is 4.79 Å². The van der Waals surface area contributed by atoms with Crippen molar-refractivity contribution in [3.63, 3.8) is 0 Å². The SMILES string of the molecule is CCC[C@@H]1CC(=O)C[C@H](c2ccc(C(F)(F)F)cc2)N1C(=O)OCc1ccccc1. The van der Waals surface area contributed by atoms with Gasteiger partial charge in [0.25, 0.3) is 0 Å². The maximum Gasteiger partial charge on any atom is 0.416 e. The van der Waals surface area contributed by atoms with E-state index in [0.29, 0.717) is 12.0 Å². The first-order chi connectivity index (χ1) is 14.3. The van der Waals surface area contributed by atoms with Crippen LogP contribution in [0.15, 0.2) is 54.6 Å². The molecule has 0 radical (unpaired) electrons. The van der Waals surface area contributed by atoms with Crippen molar-refractivity contribution in [1.82, 2.24) is 4.90 Å². The lowest BCUT2D eigenvalue weighted by Crippen LogP contribution is -2.48. The highest BCUT2D eigenvalue weighted by Crippen LogP contribution is 2.37. The van der Waals surface area contributed by atoms with Crippen molar-refractivity contribution < 1.29 is 27.5 Å². The average Bonchev–Trinajstić information content (AvgIpc) is 2.72. The highest BCUT2D eigenvalue weighted by Gasteiger charge is 2.39. The van der Waals surface area contributed by atoms with Crippen LogP contribution in [0.2, 0.25) is 0 Å². The van der Waals surface area contributed by atoms with Crippen LogP contribution in [-0.2, 0) is 22.3 Å². The molecule has 0 N–H and O–H groups in total. The van der Waals surface area contributed by atoms with Crippen molar-refractivity contribution in [2.75, 3.05) is 0 Å². The van der Waals surface area contributed by atoms with Crippen molar-refractivity contribution in [1.29, 1.82) is 0 Å². The number of ether oxygens (including phenoxy) is 1. The van der Waals surface area contributed by atoms with E-state index < -0.39 is 23.9 Å². The van der Waals surface area contributed by atoms with Gasteiger partial charge in [-0.05, 0) is 29.7 Å². The minimum Gasteiger partial charge on any atom is -0.445 e.